The van der Waals surface area contributed by atoms with Crippen LogP contribution in [0.5, 0.6) is 0 Å². The lowest BCUT2D eigenvalue weighted by atomic mass is 9.93. The van der Waals surface area contributed by atoms with Gasteiger partial charge in [-0.15, -0.1) is 0 Å². The maximum atomic E-state index is 12.8. The molecule has 5 nitrogen and oxygen atoms in total. The molecule has 1 atom stereocenters. The zero-order chi connectivity index (χ0) is 16.6. The molecule has 1 aromatic rings. The summed E-state index contributed by atoms with van der Waals surface area (Å²) in [6.07, 6.45) is 6.33. The lowest BCUT2D eigenvalue weighted by molar-refractivity contribution is 0.0730. The lowest BCUT2D eigenvalue weighted by Gasteiger charge is -2.30. The third kappa shape index (κ3) is 3.24. The molecule has 0 bridgehead atoms. The molecule has 1 unspecified atom stereocenters. The number of benzene rings is 1. The number of sulfonamides is 1. The highest BCUT2D eigenvalue weighted by Crippen LogP contribution is 2.36. The smallest absolute Gasteiger partial charge is 0.243 e. The number of hydrogen-bond acceptors (Lipinski definition) is 5. The van der Waals surface area contributed by atoms with Gasteiger partial charge >= 0.3 is 0 Å². The molecule has 1 saturated carbocycles. The minimum atomic E-state index is -3.41. The molecule has 1 saturated heterocycles. The Morgan fingerprint density at radius 1 is 1.17 bits per heavy atom. The summed E-state index contributed by atoms with van der Waals surface area (Å²) in [6.45, 7) is 1.83. The van der Waals surface area contributed by atoms with Crippen LogP contribution in [-0.2, 0) is 21.2 Å². The van der Waals surface area contributed by atoms with Crippen LogP contribution in [0.2, 0.25) is 0 Å². The van der Waals surface area contributed by atoms with Crippen LogP contribution in [0.1, 0.15) is 31.2 Å². The molecule has 0 spiro atoms. The third-order valence-corrected chi connectivity index (χ3v) is 8.29. The molecule has 2 fully saturated rings. The quantitative estimate of drug-likeness (QED) is 0.831. The van der Waals surface area contributed by atoms with E-state index in [1.165, 1.54) is 35.6 Å². The first-order valence-corrected chi connectivity index (χ1v) is 11.0. The molecule has 1 aliphatic carbocycles. The highest BCUT2D eigenvalue weighted by Gasteiger charge is 2.31. The number of rotatable bonds is 3. The van der Waals surface area contributed by atoms with E-state index in [2.05, 4.69) is 4.72 Å². The van der Waals surface area contributed by atoms with Crippen LogP contribution in [0.15, 0.2) is 28.0 Å². The van der Waals surface area contributed by atoms with Crippen LogP contribution in [0.4, 0.5) is 0 Å². The van der Waals surface area contributed by atoms with Gasteiger partial charge in [0.05, 0.1) is 18.1 Å². The SMILES string of the molecule is O=S(=O)(c1ccc2c(c1)SNC(C1CCCC1)C2)N1CCOCC1. The molecule has 0 radical (unpaired) electrons. The summed E-state index contributed by atoms with van der Waals surface area (Å²) >= 11 is 1.60. The zero-order valence-electron chi connectivity index (χ0n) is 13.7. The molecule has 1 N–H and O–H groups in total. The van der Waals surface area contributed by atoms with Gasteiger partial charge < -0.3 is 4.74 Å². The Morgan fingerprint density at radius 2 is 1.92 bits per heavy atom. The second-order valence-corrected chi connectivity index (χ2v) is 9.68. The van der Waals surface area contributed by atoms with Crippen LogP contribution >= 0.6 is 11.9 Å². The average molecular weight is 369 g/mol. The molecule has 2 aliphatic heterocycles. The molecule has 2 heterocycles. The van der Waals surface area contributed by atoms with Gasteiger partial charge in [-0.3, -0.25) is 4.72 Å². The molecule has 0 amide bonds. The Labute approximate surface area is 148 Å². The van der Waals surface area contributed by atoms with Crippen molar-refractivity contribution in [2.24, 2.45) is 5.92 Å². The van der Waals surface area contributed by atoms with E-state index >= 15 is 0 Å². The summed E-state index contributed by atoms with van der Waals surface area (Å²) in [7, 11) is -3.41. The molecule has 1 aromatic carbocycles. The predicted molar refractivity (Wildman–Crippen MR) is 94.5 cm³/mol. The van der Waals surface area contributed by atoms with E-state index < -0.39 is 10.0 Å². The normalized spacial score (nSPS) is 26.4. The molecule has 3 aliphatic rings. The number of ether oxygens (including phenoxy) is 1. The van der Waals surface area contributed by atoms with Gasteiger partial charge in [0.15, 0.2) is 0 Å². The highest BCUT2D eigenvalue weighted by molar-refractivity contribution is 7.97. The molecule has 7 heteroatoms. The molecule has 0 aromatic heterocycles. The second kappa shape index (κ2) is 6.96. The minimum Gasteiger partial charge on any atom is -0.379 e. The largest absolute Gasteiger partial charge is 0.379 e. The molecular formula is C17H24N2O3S2. The van der Waals surface area contributed by atoms with Crippen molar-refractivity contribution in [2.45, 2.75) is 47.9 Å². The fourth-order valence-corrected chi connectivity index (χ4v) is 6.47. The lowest BCUT2D eigenvalue weighted by Crippen LogP contribution is -2.40. The number of fused-ring (bicyclic) bond motifs is 1. The first kappa shape index (κ1) is 16.8. The molecule has 132 valence electrons. The fraction of sp³-hybridized carbons (Fsp3) is 0.647. The van der Waals surface area contributed by atoms with Crippen molar-refractivity contribution >= 4 is 22.0 Å². The summed E-state index contributed by atoms with van der Waals surface area (Å²) in [5.41, 5.74) is 1.27. The van der Waals surface area contributed by atoms with Crippen LogP contribution in [-0.4, -0.2) is 45.1 Å². The van der Waals surface area contributed by atoms with Gasteiger partial charge in [0.1, 0.15) is 0 Å². The number of morpholine rings is 1. The Bertz CT molecular complexity index is 696. The van der Waals surface area contributed by atoms with E-state index in [4.69, 9.17) is 4.74 Å². The summed E-state index contributed by atoms with van der Waals surface area (Å²) in [5.74, 6) is 0.766. The summed E-state index contributed by atoms with van der Waals surface area (Å²) in [5, 5.41) is 0. The topological polar surface area (TPSA) is 58.6 Å². The summed E-state index contributed by atoms with van der Waals surface area (Å²) in [4.78, 5) is 1.45. The van der Waals surface area contributed by atoms with Gasteiger partial charge in [0.2, 0.25) is 10.0 Å². The van der Waals surface area contributed by atoms with E-state index in [9.17, 15) is 8.42 Å². The second-order valence-electron chi connectivity index (χ2n) is 6.86. The first-order chi connectivity index (χ1) is 11.6. The van der Waals surface area contributed by atoms with Crippen molar-refractivity contribution < 1.29 is 13.2 Å². The Morgan fingerprint density at radius 3 is 2.67 bits per heavy atom. The first-order valence-electron chi connectivity index (χ1n) is 8.78. The van der Waals surface area contributed by atoms with Crippen LogP contribution in [0.25, 0.3) is 0 Å². The summed E-state index contributed by atoms with van der Waals surface area (Å²) in [6, 6.07) is 6.15. The van der Waals surface area contributed by atoms with Gasteiger partial charge in [-0.25, -0.2) is 8.42 Å². The molecule has 24 heavy (non-hydrogen) atoms. The van der Waals surface area contributed by atoms with Gasteiger partial charge in [0, 0.05) is 24.0 Å². The minimum absolute atomic E-state index is 0.400. The van der Waals surface area contributed by atoms with Gasteiger partial charge in [-0.1, -0.05) is 18.9 Å². The Kier molecular flexibility index (Phi) is 4.88. The van der Waals surface area contributed by atoms with Crippen LogP contribution < -0.4 is 4.72 Å². The number of nitrogens with one attached hydrogen (secondary N) is 1. The Balaban J connectivity index is 1.53. The molecule has 4 rings (SSSR count). The van der Waals surface area contributed by atoms with E-state index in [0.717, 1.165) is 17.2 Å². The van der Waals surface area contributed by atoms with E-state index in [0.29, 0.717) is 37.2 Å². The van der Waals surface area contributed by atoms with E-state index in [1.807, 2.05) is 12.1 Å². The van der Waals surface area contributed by atoms with Gasteiger partial charge in [-0.05, 0) is 54.8 Å². The van der Waals surface area contributed by atoms with E-state index in [-0.39, 0.29) is 0 Å². The number of hydrogen-bond donors (Lipinski definition) is 1. The zero-order valence-corrected chi connectivity index (χ0v) is 15.4. The average Bonchev–Trinajstić information content (AvgIpc) is 3.16. The van der Waals surface area contributed by atoms with Gasteiger partial charge in [-0.2, -0.15) is 4.31 Å². The Hall–Kier alpha value is -0.600. The standard InChI is InChI=1S/C17H24N2O3S2/c20-24(21,19-7-9-22-10-8-19)15-6-5-14-11-16(13-3-1-2-4-13)18-23-17(14)12-15/h5-6,12-13,16,18H,1-4,7-11H2. The maximum absolute atomic E-state index is 12.8. The van der Waals surface area contributed by atoms with Gasteiger partial charge in [0.25, 0.3) is 0 Å². The highest BCUT2D eigenvalue weighted by atomic mass is 32.2. The van der Waals surface area contributed by atoms with Crippen molar-refractivity contribution in [1.29, 1.82) is 0 Å². The molecular weight excluding hydrogens is 344 g/mol. The van der Waals surface area contributed by atoms with Crippen molar-refractivity contribution in [3.63, 3.8) is 0 Å². The number of nitrogens with zero attached hydrogens (tertiary/aromatic N) is 1. The maximum Gasteiger partial charge on any atom is 0.243 e. The summed E-state index contributed by atoms with van der Waals surface area (Å²) < 4.78 is 35.9. The van der Waals surface area contributed by atoms with Crippen molar-refractivity contribution in [3.05, 3.63) is 23.8 Å². The third-order valence-electron chi connectivity index (χ3n) is 5.38. The predicted octanol–water partition coefficient (Wildman–Crippen LogP) is 2.42. The van der Waals surface area contributed by atoms with Crippen LogP contribution in [0.3, 0.4) is 0 Å². The van der Waals surface area contributed by atoms with Crippen LogP contribution in [0, 0.1) is 5.92 Å². The fourth-order valence-electron chi connectivity index (χ4n) is 3.94. The van der Waals surface area contributed by atoms with Crippen molar-refractivity contribution in [1.82, 2.24) is 9.03 Å². The van der Waals surface area contributed by atoms with Crippen molar-refractivity contribution in [2.75, 3.05) is 26.3 Å². The van der Waals surface area contributed by atoms with Crippen molar-refractivity contribution in [3.8, 4) is 0 Å². The monoisotopic (exact) mass is 368 g/mol. The van der Waals surface area contributed by atoms with E-state index in [1.54, 1.807) is 18.0 Å².